The Bertz CT molecular complexity index is 157. The molecule has 3 heteroatoms. The summed E-state index contributed by atoms with van der Waals surface area (Å²) in [5.74, 6) is 0.651. The molecule has 1 N–H and O–H groups in total. The van der Waals surface area contributed by atoms with E-state index < -0.39 is 0 Å². The van der Waals surface area contributed by atoms with Gasteiger partial charge >= 0.3 is 0 Å². The van der Waals surface area contributed by atoms with Gasteiger partial charge < -0.3 is 4.90 Å². The Morgan fingerprint density at radius 2 is 1.83 bits per heavy atom. The van der Waals surface area contributed by atoms with Crippen LogP contribution in [0.15, 0.2) is 29.2 Å². The SMILES string of the molecule is C/C=C/C=C(\N=N)N(C)C.CC. The van der Waals surface area contributed by atoms with E-state index in [2.05, 4.69) is 5.11 Å². The summed E-state index contributed by atoms with van der Waals surface area (Å²) in [5, 5.41) is 3.31. The van der Waals surface area contributed by atoms with Gasteiger partial charge in [0.05, 0.1) is 0 Å². The molecule has 0 saturated heterocycles. The maximum atomic E-state index is 6.75. The minimum Gasteiger partial charge on any atom is -0.361 e. The van der Waals surface area contributed by atoms with Crippen molar-refractivity contribution in [1.82, 2.24) is 4.90 Å². The van der Waals surface area contributed by atoms with Gasteiger partial charge in [-0.2, -0.15) is 0 Å². The van der Waals surface area contributed by atoms with Crippen molar-refractivity contribution in [2.75, 3.05) is 14.1 Å². The smallest absolute Gasteiger partial charge is 0.149 e. The van der Waals surface area contributed by atoms with Crippen molar-refractivity contribution in [2.45, 2.75) is 20.8 Å². The number of rotatable bonds is 3. The molecule has 0 bridgehead atoms. The van der Waals surface area contributed by atoms with Crippen LogP contribution in [-0.4, -0.2) is 19.0 Å². The van der Waals surface area contributed by atoms with Gasteiger partial charge in [0.2, 0.25) is 0 Å². The van der Waals surface area contributed by atoms with Crippen molar-refractivity contribution >= 4 is 0 Å². The van der Waals surface area contributed by atoms with Crippen LogP contribution in [0.1, 0.15) is 20.8 Å². The van der Waals surface area contributed by atoms with Crippen molar-refractivity contribution in [2.24, 2.45) is 5.11 Å². The van der Waals surface area contributed by atoms with Crippen LogP contribution in [0.2, 0.25) is 0 Å². The summed E-state index contributed by atoms with van der Waals surface area (Å²) in [7, 11) is 3.71. The van der Waals surface area contributed by atoms with Gasteiger partial charge in [-0.3, -0.25) is 0 Å². The van der Waals surface area contributed by atoms with E-state index >= 15 is 0 Å². The lowest BCUT2D eigenvalue weighted by atomic mass is 10.4. The van der Waals surface area contributed by atoms with Gasteiger partial charge in [-0.1, -0.05) is 26.0 Å². The van der Waals surface area contributed by atoms with E-state index in [0.29, 0.717) is 5.82 Å². The minimum absolute atomic E-state index is 0.651. The zero-order chi connectivity index (χ0) is 9.98. The second kappa shape index (κ2) is 9.88. The van der Waals surface area contributed by atoms with Gasteiger partial charge in [0.1, 0.15) is 5.82 Å². The molecule has 0 atom stereocenters. The largest absolute Gasteiger partial charge is 0.361 e. The molecule has 12 heavy (non-hydrogen) atoms. The van der Waals surface area contributed by atoms with Gasteiger partial charge in [0, 0.05) is 14.1 Å². The lowest BCUT2D eigenvalue weighted by Crippen LogP contribution is -2.08. The van der Waals surface area contributed by atoms with Crippen LogP contribution >= 0.6 is 0 Å². The molecule has 0 aromatic rings. The summed E-state index contributed by atoms with van der Waals surface area (Å²) < 4.78 is 0. The van der Waals surface area contributed by atoms with Crippen LogP contribution in [0.5, 0.6) is 0 Å². The molecule has 0 radical (unpaired) electrons. The van der Waals surface area contributed by atoms with Crippen molar-refractivity contribution in [3.63, 3.8) is 0 Å². The third-order valence-electron chi connectivity index (χ3n) is 1.01. The molecular weight excluding hydrogens is 150 g/mol. The van der Waals surface area contributed by atoms with Gasteiger partial charge in [-0.15, -0.1) is 5.11 Å². The van der Waals surface area contributed by atoms with Crippen LogP contribution in [0.4, 0.5) is 0 Å². The number of allylic oxidation sites excluding steroid dienone is 3. The molecule has 0 rings (SSSR count). The molecule has 0 aliphatic heterocycles. The summed E-state index contributed by atoms with van der Waals surface area (Å²) in [4.78, 5) is 1.78. The predicted octanol–water partition coefficient (Wildman–Crippen LogP) is 3.02. The van der Waals surface area contributed by atoms with Gasteiger partial charge in [-0.05, 0) is 13.0 Å². The Hall–Kier alpha value is -1.12. The van der Waals surface area contributed by atoms with Gasteiger partial charge in [0.25, 0.3) is 0 Å². The van der Waals surface area contributed by atoms with Crippen LogP contribution in [-0.2, 0) is 0 Å². The second-order valence-electron chi connectivity index (χ2n) is 2.06. The van der Waals surface area contributed by atoms with Crippen molar-refractivity contribution < 1.29 is 0 Å². The quantitative estimate of drug-likeness (QED) is 0.512. The third-order valence-corrected chi connectivity index (χ3v) is 1.01. The second-order valence-corrected chi connectivity index (χ2v) is 2.06. The van der Waals surface area contributed by atoms with E-state index in [1.165, 1.54) is 0 Å². The number of nitrogens with zero attached hydrogens (tertiary/aromatic N) is 2. The fourth-order valence-electron chi connectivity index (χ4n) is 0.469. The first-order chi connectivity index (χ1) is 5.72. The number of hydrogen-bond donors (Lipinski definition) is 1. The van der Waals surface area contributed by atoms with Crippen LogP contribution in [0.25, 0.3) is 0 Å². The number of nitrogens with one attached hydrogen (secondary N) is 1. The zero-order valence-corrected chi connectivity index (χ0v) is 8.63. The predicted molar refractivity (Wildman–Crippen MR) is 53.1 cm³/mol. The van der Waals surface area contributed by atoms with E-state index in [1.54, 1.807) is 11.0 Å². The van der Waals surface area contributed by atoms with Gasteiger partial charge in [0.15, 0.2) is 0 Å². The van der Waals surface area contributed by atoms with Crippen molar-refractivity contribution in [3.8, 4) is 0 Å². The Morgan fingerprint density at radius 3 is 2.08 bits per heavy atom. The fourth-order valence-corrected chi connectivity index (χ4v) is 0.469. The van der Waals surface area contributed by atoms with Crippen molar-refractivity contribution in [3.05, 3.63) is 24.0 Å². The molecule has 0 saturated carbocycles. The van der Waals surface area contributed by atoms with Crippen LogP contribution < -0.4 is 0 Å². The molecule has 0 amide bonds. The van der Waals surface area contributed by atoms with E-state index in [9.17, 15) is 0 Å². The minimum atomic E-state index is 0.651. The lowest BCUT2D eigenvalue weighted by molar-refractivity contribution is 0.496. The first kappa shape index (κ1) is 13.5. The summed E-state index contributed by atoms with van der Waals surface area (Å²) in [6.07, 6.45) is 5.54. The standard InChI is InChI=1S/C7H13N3.C2H6/c1-4-5-6-7(9-8)10(2)3;1-2/h4-6,8H,1-3H3;1-2H3/b5-4+,7-6+,9-8?;. The Balaban J connectivity index is 0. The summed E-state index contributed by atoms with van der Waals surface area (Å²) in [6, 6.07) is 0. The summed E-state index contributed by atoms with van der Waals surface area (Å²) in [6.45, 7) is 5.92. The zero-order valence-electron chi connectivity index (χ0n) is 8.63. The van der Waals surface area contributed by atoms with E-state index in [1.807, 2.05) is 47.0 Å². The summed E-state index contributed by atoms with van der Waals surface area (Å²) in [5.41, 5.74) is 6.75. The molecule has 0 unspecified atom stereocenters. The molecule has 3 nitrogen and oxygen atoms in total. The highest BCUT2D eigenvalue weighted by molar-refractivity contribution is 5.08. The highest BCUT2D eigenvalue weighted by Crippen LogP contribution is 1.98. The van der Waals surface area contributed by atoms with Gasteiger partial charge in [-0.25, -0.2) is 5.53 Å². The van der Waals surface area contributed by atoms with E-state index in [-0.39, 0.29) is 0 Å². The highest BCUT2D eigenvalue weighted by Gasteiger charge is 1.91. The highest BCUT2D eigenvalue weighted by atomic mass is 15.2. The normalized spacial score (nSPS) is 10.6. The monoisotopic (exact) mass is 169 g/mol. The first-order valence-corrected chi connectivity index (χ1v) is 4.10. The van der Waals surface area contributed by atoms with Crippen molar-refractivity contribution in [1.29, 1.82) is 5.53 Å². The molecule has 70 valence electrons. The summed E-state index contributed by atoms with van der Waals surface area (Å²) >= 11 is 0. The molecule has 0 aromatic carbocycles. The van der Waals surface area contributed by atoms with Crippen LogP contribution in [0, 0.1) is 5.53 Å². The molecule has 0 spiro atoms. The molecule has 0 fully saturated rings. The van der Waals surface area contributed by atoms with E-state index in [4.69, 9.17) is 5.53 Å². The molecule has 0 aliphatic rings. The molecule has 0 heterocycles. The lowest BCUT2D eigenvalue weighted by Gasteiger charge is -2.08. The number of hydrogen-bond acceptors (Lipinski definition) is 3. The molecule has 0 aromatic heterocycles. The average molecular weight is 169 g/mol. The third kappa shape index (κ3) is 6.99. The maximum absolute atomic E-state index is 6.75. The Morgan fingerprint density at radius 1 is 1.33 bits per heavy atom. The van der Waals surface area contributed by atoms with Crippen LogP contribution in [0.3, 0.4) is 0 Å². The average Bonchev–Trinajstić information content (AvgIpc) is 2.09. The maximum Gasteiger partial charge on any atom is 0.149 e. The Labute approximate surface area is 75.3 Å². The van der Waals surface area contributed by atoms with E-state index in [0.717, 1.165) is 0 Å². The Kier molecular flexibility index (Phi) is 11.1. The molecule has 0 aliphatic carbocycles. The topological polar surface area (TPSA) is 39.5 Å². The fraction of sp³-hybridized carbons (Fsp3) is 0.556. The first-order valence-electron chi connectivity index (χ1n) is 4.10. The molecular formula is C9H19N3.